The largest absolute Gasteiger partial charge is 0.465 e. The second kappa shape index (κ2) is 6.53. The van der Waals surface area contributed by atoms with Crippen LogP contribution in [0.25, 0.3) is 0 Å². The molecule has 0 fully saturated rings. The third-order valence-corrected chi connectivity index (χ3v) is 3.26. The van der Waals surface area contributed by atoms with Crippen LogP contribution in [0, 0.1) is 6.92 Å². The van der Waals surface area contributed by atoms with E-state index in [9.17, 15) is 0 Å². The molecule has 0 spiro atoms. The molecule has 0 bridgehead atoms. The van der Waals surface area contributed by atoms with Gasteiger partial charge in [0.25, 0.3) is 0 Å². The highest BCUT2D eigenvalue weighted by Gasteiger charge is 2.15. The standard InChI is InChI=1S/C16H22N2O/c1-4-13-7-8-14(18-11-13)10-15(17-5-2)16-9-6-12(3)19-16/h6-9,11,15,17H,4-5,10H2,1-3H3. The number of furan rings is 1. The van der Waals surface area contributed by atoms with Gasteiger partial charge in [0, 0.05) is 18.3 Å². The third kappa shape index (κ3) is 3.67. The lowest BCUT2D eigenvalue weighted by atomic mass is 10.1. The zero-order valence-electron chi connectivity index (χ0n) is 11.9. The van der Waals surface area contributed by atoms with Gasteiger partial charge in [-0.1, -0.05) is 19.9 Å². The SMILES string of the molecule is CCNC(Cc1ccc(CC)cn1)c1ccc(C)o1. The van der Waals surface area contributed by atoms with E-state index in [0.29, 0.717) is 0 Å². The predicted octanol–water partition coefficient (Wildman–Crippen LogP) is 3.44. The summed E-state index contributed by atoms with van der Waals surface area (Å²) >= 11 is 0. The molecule has 1 unspecified atom stereocenters. The molecule has 3 heteroatoms. The van der Waals surface area contributed by atoms with Gasteiger partial charge in [-0.15, -0.1) is 0 Å². The van der Waals surface area contributed by atoms with Crippen LogP contribution in [-0.4, -0.2) is 11.5 Å². The first kappa shape index (κ1) is 13.8. The summed E-state index contributed by atoms with van der Waals surface area (Å²) < 4.78 is 5.73. The lowest BCUT2D eigenvalue weighted by Gasteiger charge is -2.15. The molecule has 0 aromatic carbocycles. The Morgan fingerprint density at radius 2 is 2.05 bits per heavy atom. The van der Waals surface area contributed by atoms with E-state index >= 15 is 0 Å². The molecule has 102 valence electrons. The predicted molar refractivity (Wildman–Crippen MR) is 77.2 cm³/mol. The van der Waals surface area contributed by atoms with E-state index < -0.39 is 0 Å². The van der Waals surface area contributed by atoms with E-state index in [1.165, 1.54) is 5.56 Å². The summed E-state index contributed by atoms with van der Waals surface area (Å²) in [6, 6.07) is 8.51. The lowest BCUT2D eigenvalue weighted by molar-refractivity contribution is 0.401. The molecule has 3 nitrogen and oxygen atoms in total. The van der Waals surface area contributed by atoms with Crippen LogP contribution in [0.5, 0.6) is 0 Å². The van der Waals surface area contributed by atoms with Crippen LogP contribution in [0.3, 0.4) is 0 Å². The van der Waals surface area contributed by atoms with Gasteiger partial charge in [-0.3, -0.25) is 4.98 Å². The van der Waals surface area contributed by atoms with E-state index in [0.717, 1.165) is 36.6 Å². The second-order valence-corrected chi connectivity index (χ2v) is 4.77. The van der Waals surface area contributed by atoms with Crippen LogP contribution in [0.2, 0.25) is 0 Å². The number of aromatic nitrogens is 1. The van der Waals surface area contributed by atoms with Crippen molar-refractivity contribution in [1.82, 2.24) is 10.3 Å². The smallest absolute Gasteiger partial charge is 0.121 e. The Labute approximate surface area is 115 Å². The minimum absolute atomic E-state index is 0.193. The van der Waals surface area contributed by atoms with Crippen molar-refractivity contribution < 1.29 is 4.42 Å². The van der Waals surface area contributed by atoms with Gasteiger partial charge < -0.3 is 9.73 Å². The molecule has 0 amide bonds. The average Bonchev–Trinajstić information content (AvgIpc) is 2.86. The van der Waals surface area contributed by atoms with Gasteiger partial charge in [-0.2, -0.15) is 0 Å². The molecule has 0 aliphatic carbocycles. The van der Waals surface area contributed by atoms with E-state index in [2.05, 4.69) is 36.3 Å². The lowest BCUT2D eigenvalue weighted by Crippen LogP contribution is -2.22. The summed E-state index contributed by atoms with van der Waals surface area (Å²) in [6.45, 7) is 7.14. The Morgan fingerprint density at radius 1 is 1.21 bits per heavy atom. The molecule has 0 aliphatic heterocycles. The average molecular weight is 258 g/mol. The maximum atomic E-state index is 5.73. The first-order chi connectivity index (χ1) is 9.22. The van der Waals surface area contributed by atoms with Crippen molar-refractivity contribution in [2.75, 3.05) is 6.54 Å². The number of nitrogens with one attached hydrogen (secondary N) is 1. The van der Waals surface area contributed by atoms with E-state index in [4.69, 9.17) is 4.42 Å². The van der Waals surface area contributed by atoms with Gasteiger partial charge in [0.15, 0.2) is 0 Å². The highest BCUT2D eigenvalue weighted by atomic mass is 16.3. The molecular weight excluding hydrogens is 236 g/mol. The molecule has 2 rings (SSSR count). The molecule has 2 aromatic rings. The fraction of sp³-hybridized carbons (Fsp3) is 0.438. The van der Waals surface area contributed by atoms with Gasteiger partial charge in [0.2, 0.25) is 0 Å². The zero-order chi connectivity index (χ0) is 13.7. The van der Waals surface area contributed by atoms with Crippen molar-refractivity contribution in [3.8, 4) is 0 Å². The van der Waals surface area contributed by atoms with E-state index in [1.807, 2.05) is 25.3 Å². The van der Waals surface area contributed by atoms with Crippen molar-refractivity contribution in [2.45, 2.75) is 39.7 Å². The topological polar surface area (TPSA) is 38.1 Å². The maximum Gasteiger partial charge on any atom is 0.121 e. The molecule has 2 aromatic heterocycles. The van der Waals surface area contributed by atoms with Crippen LogP contribution in [0.4, 0.5) is 0 Å². The van der Waals surface area contributed by atoms with Crippen LogP contribution in [0.1, 0.15) is 42.7 Å². The summed E-state index contributed by atoms with van der Waals surface area (Å²) in [4.78, 5) is 4.52. The van der Waals surface area contributed by atoms with Gasteiger partial charge in [-0.25, -0.2) is 0 Å². The quantitative estimate of drug-likeness (QED) is 0.862. The Morgan fingerprint density at radius 3 is 2.58 bits per heavy atom. The Bertz CT molecular complexity index is 502. The van der Waals surface area contributed by atoms with Crippen molar-refractivity contribution in [2.24, 2.45) is 0 Å². The Balaban J connectivity index is 2.11. The van der Waals surface area contributed by atoms with Crippen molar-refractivity contribution >= 4 is 0 Å². The van der Waals surface area contributed by atoms with Gasteiger partial charge in [0.1, 0.15) is 11.5 Å². The summed E-state index contributed by atoms with van der Waals surface area (Å²) in [5, 5.41) is 3.46. The molecule has 0 saturated carbocycles. The summed E-state index contributed by atoms with van der Waals surface area (Å²) in [5.41, 5.74) is 2.37. The number of rotatable bonds is 6. The number of likely N-dealkylation sites (N-methyl/N-ethyl adjacent to an activating group) is 1. The third-order valence-electron chi connectivity index (χ3n) is 3.26. The zero-order valence-corrected chi connectivity index (χ0v) is 11.9. The molecule has 19 heavy (non-hydrogen) atoms. The minimum atomic E-state index is 0.193. The first-order valence-corrected chi connectivity index (χ1v) is 6.96. The van der Waals surface area contributed by atoms with Crippen LogP contribution >= 0.6 is 0 Å². The Hall–Kier alpha value is -1.61. The number of aryl methyl sites for hydroxylation is 2. The van der Waals surface area contributed by atoms with E-state index in [-0.39, 0.29) is 6.04 Å². The molecule has 2 heterocycles. The normalized spacial score (nSPS) is 12.6. The molecule has 0 aliphatic rings. The van der Waals surface area contributed by atoms with E-state index in [1.54, 1.807) is 0 Å². The molecular formula is C16H22N2O. The van der Waals surface area contributed by atoms with Crippen LogP contribution in [-0.2, 0) is 12.8 Å². The highest BCUT2D eigenvalue weighted by Crippen LogP contribution is 2.20. The van der Waals surface area contributed by atoms with Crippen molar-refractivity contribution in [3.05, 3.63) is 53.2 Å². The van der Waals surface area contributed by atoms with Gasteiger partial charge in [0.05, 0.1) is 6.04 Å². The first-order valence-electron chi connectivity index (χ1n) is 6.96. The number of pyridine rings is 1. The molecule has 0 radical (unpaired) electrons. The molecule has 1 N–H and O–H groups in total. The molecule has 1 atom stereocenters. The van der Waals surface area contributed by atoms with Crippen LogP contribution < -0.4 is 5.32 Å². The van der Waals surface area contributed by atoms with Crippen LogP contribution in [0.15, 0.2) is 34.9 Å². The second-order valence-electron chi connectivity index (χ2n) is 4.77. The number of hydrogen-bond acceptors (Lipinski definition) is 3. The summed E-state index contributed by atoms with van der Waals surface area (Å²) in [7, 11) is 0. The fourth-order valence-corrected chi connectivity index (χ4v) is 2.15. The highest BCUT2D eigenvalue weighted by molar-refractivity contribution is 5.17. The minimum Gasteiger partial charge on any atom is -0.465 e. The monoisotopic (exact) mass is 258 g/mol. The maximum absolute atomic E-state index is 5.73. The van der Waals surface area contributed by atoms with Gasteiger partial charge >= 0.3 is 0 Å². The Kier molecular flexibility index (Phi) is 4.74. The number of hydrogen-bond donors (Lipinski definition) is 1. The summed E-state index contributed by atoms with van der Waals surface area (Å²) in [6.07, 6.45) is 3.85. The summed E-state index contributed by atoms with van der Waals surface area (Å²) in [5.74, 6) is 1.94. The molecule has 0 saturated heterocycles. The van der Waals surface area contributed by atoms with Crippen molar-refractivity contribution in [1.29, 1.82) is 0 Å². The number of nitrogens with zero attached hydrogens (tertiary/aromatic N) is 1. The van der Waals surface area contributed by atoms with Crippen molar-refractivity contribution in [3.63, 3.8) is 0 Å². The fourth-order valence-electron chi connectivity index (χ4n) is 2.15. The van der Waals surface area contributed by atoms with Gasteiger partial charge in [-0.05, 0) is 43.7 Å².